The standard InChI is InChI=1S/C47H89O8P/c1-4-7-9-11-13-15-17-19-21-22-23-24-25-26-28-30-32-34-36-38-40-42-47(49)55-45(44-54-56(50,51)53-6-3)43-52-46(48)41-39-37-35-33-31-29-27-20-18-16-14-12-10-8-5-2/h20,22-23,27,45H,4-19,21,24-26,28-44H2,1-3H3,(H,50,51)/b23-22-,27-20-. The lowest BCUT2D eigenvalue weighted by molar-refractivity contribution is -0.161. The second-order valence-corrected chi connectivity index (χ2v) is 17.2. The van der Waals surface area contributed by atoms with E-state index in [1.165, 1.54) is 154 Å². The molecule has 0 fully saturated rings. The van der Waals surface area contributed by atoms with Crippen molar-refractivity contribution in [3.05, 3.63) is 24.3 Å². The minimum Gasteiger partial charge on any atom is -0.462 e. The van der Waals surface area contributed by atoms with Crippen molar-refractivity contribution in [2.45, 2.75) is 245 Å². The summed E-state index contributed by atoms with van der Waals surface area (Å²) in [6.07, 6.45) is 48.1. The average molecular weight is 813 g/mol. The summed E-state index contributed by atoms with van der Waals surface area (Å²) in [5, 5.41) is 0. The van der Waals surface area contributed by atoms with Crippen molar-refractivity contribution in [2.24, 2.45) is 0 Å². The molecule has 56 heavy (non-hydrogen) atoms. The van der Waals surface area contributed by atoms with Crippen LogP contribution < -0.4 is 0 Å². The van der Waals surface area contributed by atoms with Crippen molar-refractivity contribution in [1.82, 2.24) is 0 Å². The Kier molecular flexibility index (Phi) is 42.0. The van der Waals surface area contributed by atoms with Crippen LogP contribution in [0.4, 0.5) is 0 Å². The van der Waals surface area contributed by atoms with Gasteiger partial charge in [-0.05, 0) is 71.1 Å². The van der Waals surface area contributed by atoms with E-state index in [1.807, 2.05) is 0 Å². The normalized spacial score (nSPS) is 13.4. The molecule has 0 saturated carbocycles. The summed E-state index contributed by atoms with van der Waals surface area (Å²) < 4.78 is 32.7. The lowest BCUT2D eigenvalue weighted by Crippen LogP contribution is -2.29. The van der Waals surface area contributed by atoms with Crippen molar-refractivity contribution >= 4 is 19.8 Å². The van der Waals surface area contributed by atoms with Crippen LogP contribution in [-0.2, 0) is 32.7 Å². The molecule has 0 radical (unpaired) electrons. The number of rotatable bonds is 44. The molecule has 0 aromatic heterocycles. The maximum absolute atomic E-state index is 12.6. The predicted molar refractivity (Wildman–Crippen MR) is 235 cm³/mol. The molecule has 0 saturated heterocycles. The highest BCUT2D eigenvalue weighted by atomic mass is 31.2. The van der Waals surface area contributed by atoms with Crippen molar-refractivity contribution in [1.29, 1.82) is 0 Å². The zero-order valence-electron chi connectivity index (χ0n) is 36.8. The molecular formula is C47H89O8P. The van der Waals surface area contributed by atoms with Gasteiger partial charge < -0.3 is 14.4 Å². The summed E-state index contributed by atoms with van der Waals surface area (Å²) in [6.45, 7) is 5.49. The second-order valence-electron chi connectivity index (χ2n) is 15.8. The zero-order chi connectivity index (χ0) is 41.1. The van der Waals surface area contributed by atoms with Crippen LogP contribution >= 0.6 is 7.82 Å². The third-order valence-electron chi connectivity index (χ3n) is 10.2. The van der Waals surface area contributed by atoms with E-state index in [1.54, 1.807) is 6.92 Å². The predicted octanol–water partition coefficient (Wildman–Crippen LogP) is 15.0. The van der Waals surface area contributed by atoms with E-state index in [-0.39, 0.29) is 32.0 Å². The third kappa shape index (κ3) is 42.1. The molecule has 0 bridgehead atoms. The van der Waals surface area contributed by atoms with Crippen LogP contribution in [0.15, 0.2) is 24.3 Å². The minimum atomic E-state index is -4.28. The first-order chi connectivity index (χ1) is 27.3. The molecule has 330 valence electrons. The molecule has 2 unspecified atom stereocenters. The Balaban J connectivity index is 4.01. The lowest BCUT2D eigenvalue weighted by Gasteiger charge is -2.19. The number of hydrogen-bond acceptors (Lipinski definition) is 7. The molecule has 0 heterocycles. The van der Waals surface area contributed by atoms with Gasteiger partial charge in [0, 0.05) is 12.8 Å². The maximum atomic E-state index is 12.6. The molecule has 0 aliphatic carbocycles. The van der Waals surface area contributed by atoms with Crippen LogP contribution in [0.3, 0.4) is 0 Å². The second kappa shape index (κ2) is 43.1. The van der Waals surface area contributed by atoms with E-state index >= 15 is 0 Å². The molecule has 0 aliphatic rings. The average Bonchev–Trinajstić information content (AvgIpc) is 3.18. The van der Waals surface area contributed by atoms with Gasteiger partial charge in [0.15, 0.2) is 6.10 Å². The van der Waals surface area contributed by atoms with Crippen molar-refractivity contribution < 1.29 is 37.6 Å². The summed E-state index contributed by atoms with van der Waals surface area (Å²) in [5.74, 6) is -0.801. The van der Waals surface area contributed by atoms with Crippen LogP contribution in [0, 0.1) is 0 Å². The fourth-order valence-electron chi connectivity index (χ4n) is 6.74. The van der Waals surface area contributed by atoms with Gasteiger partial charge >= 0.3 is 19.8 Å². The van der Waals surface area contributed by atoms with E-state index in [9.17, 15) is 19.0 Å². The fraction of sp³-hybridized carbons (Fsp3) is 0.872. The number of phosphoric acid groups is 1. The number of unbranched alkanes of at least 4 members (excludes halogenated alkanes) is 28. The van der Waals surface area contributed by atoms with Gasteiger partial charge in [-0.2, -0.15) is 0 Å². The first-order valence-electron chi connectivity index (χ1n) is 23.6. The maximum Gasteiger partial charge on any atom is 0.472 e. The van der Waals surface area contributed by atoms with Gasteiger partial charge in [0.25, 0.3) is 0 Å². The Morgan fingerprint density at radius 3 is 1.18 bits per heavy atom. The Bertz CT molecular complexity index is 968. The van der Waals surface area contributed by atoms with Gasteiger partial charge in [-0.15, -0.1) is 0 Å². The van der Waals surface area contributed by atoms with Crippen LogP contribution in [0.5, 0.6) is 0 Å². The third-order valence-corrected chi connectivity index (χ3v) is 11.3. The summed E-state index contributed by atoms with van der Waals surface area (Å²) in [4.78, 5) is 34.8. The Labute approximate surface area is 345 Å². The van der Waals surface area contributed by atoms with Crippen molar-refractivity contribution in [3.63, 3.8) is 0 Å². The van der Waals surface area contributed by atoms with E-state index < -0.39 is 26.5 Å². The number of allylic oxidation sites excluding steroid dienone is 4. The van der Waals surface area contributed by atoms with Gasteiger partial charge in [0.2, 0.25) is 0 Å². The van der Waals surface area contributed by atoms with Gasteiger partial charge in [-0.25, -0.2) is 4.57 Å². The molecule has 8 nitrogen and oxygen atoms in total. The van der Waals surface area contributed by atoms with E-state index in [0.717, 1.165) is 44.9 Å². The number of carbonyl (C=O) groups excluding carboxylic acids is 2. The molecule has 0 spiro atoms. The Morgan fingerprint density at radius 1 is 0.464 bits per heavy atom. The van der Waals surface area contributed by atoms with Crippen LogP contribution in [0.2, 0.25) is 0 Å². The molecule has 2 atom stereocenters. The molecule has 1 N–H and O–H groups in total. The zero-order valence-corrected chi connectivity index (χ0v) is 37.7. The van der Waals surface area contributed by atoms with Crippen LogP contribution in [-0.4, -0.2) is 42.8 Å². The number of carbonyl (C=O) groups is 2. The first kappa shape index (κ1) is 54.5. The van der Waals surface area contributed by atoms with Crippen molar-refractivity contribution in [2.75, 3.05) is 19.8 Å². The number of ether oxygens (including phenoxy) is 2. The van der Waals surface area contributed by atoms with Gasteiger partial charge in [-0.1, -0.05) is 179 Å². The van der Waals surface area contributed by atoms with Crippen LogP contribution in [0.1, 0.15) is 239 Å². The topological polar surface area (TPSA) is 108 Å². The minimum absolute atomic E-state index is 0.000244. The highest BCUT2D eigenvalue weighted by Gasteiger charge is 2.25. The fourth-order valence-corrected chi connectivity index (χ4v) is 7.49. The monoisotopic (exact) mass is 813 g/mol. The van der Waals surface area contributed by atoms with E-state index in [0.29, 0.717) is 6.42 Å². The molecule has 0 rings (SSSR count). The lowest BCUT2D eigenvalue weighted by atomic mass is 10.1. The number of esters is 2. The smallest absolute Gasteiger partial charge is 0.462 e. The molecule has 0 aliphatic heterocycles. The first-order valence-corrected chi connectivity index (χ1v) is 25.1. The molecule has 0 aromatic rings. The number of hydrogen-bond donors (Lipinski definition) is 1. The SMILES string of the molecule is CCCCCCCC/C=C\CCCCCCCC(=O)OCC(COP(=O)(O)OCC)OC(=O)CCCCCCCCCCC/C=C\CCCCCCCCCC. The summed E-state index contributed by atoms with van der Waals surface area (Å²) in [7, 11) is -4.28. The molecule has 0 amide bonds. The number of phosphoric ester groups is 1. The van der Waals surface area contributed by atoms with Gasteiger partial charge in [0.05, 0.1) is 13.2 Å². The van der Waals surface area contributed by atoms with Crippen LogP contribution in [0.25, 0.3) is 0 Å². The summed E-state index contributed by atoms with van der Waals surface area (Å²) in [6, 6.07) is 0. The highest BCUT2D eigenvalue weighted by molar-refractivity contribution is 7.47. The summed E-state index contributed by atoms with van der Waals surface area (Å²) in [5.41, 5.74) is 0. The largest absolute Gasteiger partial charge is 0.472 e. The van der Waals surface area contributed by atoms with Gasteiger partial charge in [0.1, 0.15) is 6.61 Å². The van der Waals surface area contributed by atoms with E-state index in [4.69, 9.17) is 18.5 Å². The Hall–Kier alpha value is -1.47. The highest BCUT2D eigenvalue weighted by Crippen LogP contribution is 2.43. The molecule has 0 aromatic carbocycles. The van der Waals surface area contributed by atoms with Crippen molar-refractivity contribution in [3.8, 4) is 0 Å². The Morgan fingerprint density at radius 2 is 0.804 bits per heavy atom. The molecule has 9 heteroatoms. The van der Waals surface area contributed by atoms with Gasteiger partial charge in [-0.3, -0.25) is 18.6 Å². The quantitative estimate of drug-likeness (QED) is 0.0280. The molecular weight excluding hydrogens is 723 g/mol. The van der Waals surface area contributed by atoms with E-state index in [2.05, 4.69) is 38.2 Å². The summed E-state index contributed by atoms with van der Waals surface area (Å²) >= 11 is 0.